The lowest BCUT2D eigenvalue weighted by Crippen LogP contribution is -2.59. The molecule has 0 saturated heterocycles. The van der Waals surface area contributed by atoms with Crippen LogP contribution in [0.25, 0.3) is 0 Å². The molecule has 35 heavy (non-hydrogen) atoms. The second-order valence-electron chi connectivity index (χ2n) is 11.1. The third-order valence-corrected chi connectivity index (χ3v) is 6.55. The highest BCUT2D eigenvalue weighted by Crippen LogP contribution is 2.31. The van der Waals surface area contributed by atoms with Gasteiger partial charge in [-0.15, -0.1) is 5.10 Å². The molecule has 1 heterocycles. The van der Waals surface area contributed by atoms with Crippen LogP contribution in [-0.2, 0) is 14.3 Å². The summed E-state index contributed by atoms with van der Waals surface area (Å²) in [5.74, 6) is 0.703. The molecule has 3 rings (SSSR count). The van der Waals surface area contributed by atoms with Gasteiger partial charge in [-0.25, -0.2) is 4.68 Å². The molecule has 0 radical (unpaired) electrons. The predicted octanol–water partition coefficient (Wildman–Crippen LogP) is 3.59. The summed E-state index contributed by atoms with van der Waals surface area (Å²) in [5.41, 5.74) is 0.392. The SMILES string of the molecule is CC(C)C(=O)NC1CCC1(C)O.CC(C)c1cn(C(C)C)nn1.COC1CCC1NC(=O)C(C)C. The minimum absolute atomic E-state index is 0.00130. The van der Waals surface area contributed by atoms with Crippen LogP contribution >= 0.6 is 0 Å². The maximum Gasteiger partial charge on any atom is 0.222 e. The predicted molar refractivity (Wildman–Crippen MR) is 138 cm³/mol. The van der Waals surface area contributed by atoms with Gasteiger partial charge in [0.2, 0.25) is 11.8 Å². The molecule has 0 spiro atoms. The van der Waals surface area contributed by atoms with Crippen molar-refractivity contribution in [3.05, 3.63) is 11.9 Å². The van der Waals surface area contributed by atoms with Gasteiger partial charge in [0, 0.05) is 31.2 Å². The van der Waals surface area contributed by atoms with Crippen LogP contribution < -0.4 is 10.6 Å². The van der Waals surface area contributed by atoms with E-state index in [0.717, 1.165) is 31.4 Å². The highest BCUT2D eigenvalue weighted by molar-refractivity contribution is 5.78. The Morgan fingerprint density at radius 2 is 1.60 bits per heavy atom. The molecule has 2 aliphatic rings. The molecule has 1 aromatic heterocycles. The fourth-order valence-corrected chi connectivity index (χ4v) is 3.35. The van der Waals surface area contributed by atoms with Crippen LogP contribution in [0.2, 0.25) is 0 Å². The first-order valence-electron chi connectivity index (χ1n) is 13.0. The molecular weight excluding hydrogens is 446 g/mol. The zero-order chi connectivity index (χ0) is 26.9. The lowest BCUT2D eigenvalue weighted by molar-refractivity contribution is -0.130. The average molecular weight is 496 g/mol. The van der Waals surface area contributed by atoms with Gasteiger partial charge >= 0.3 is 0 Å². The Morgan fingerprint density at radius 1 is 1.03 bits per heavy atom. The fraction of sp³-hybridized carbons (Fsp3) is 0.846. The maximum absolute atomic E-state index is 11.2. The molecule has 3 N–H and O–H groups in total. The molecule has 2 saturated carbocycles. The van der Waals surface area contributed by atoms with Gasteiger partial charge in [0.05, 0.1) is 29.5 Å². The van der Waals surface area contributed by atoms with Gasteiger partial charge < -0.3 is 20.5 Å². The van der Waals surface area contributed by atoms with E-state index in [0.29, 0.717) is 12.0 Å². The first kappa shape index (κ1) is 31.0. The normalized spacial score (nSPS) is 25.2. The number of hydrogen-bond acceptors (Lipinski definition) is 6. The summed E-state index contributed by atoms with van der Waals surface area (Å²) in [6, 6.07) is 0.632. The molecule has 202 valence electrons. The Hall–Kier alpha value is -2.00. The van der Waals surface area contributed by atoms with Gasteiger partial charge in [-0.3, -0.25) is 9.59 Å². The van der Waals surface area contributed by atoms with Crippen LogP contribution in [0, 0.1) is 11.8 Å². The minimum Gasteiger partial charge on any atom is -0.388 e. The van der Waals surface area contributed by atoms with Gasteiger partial charge in [-0.1, -0.05) is 46.8 Å². The number of hydrogen-bond donors (Lipinski definition) is 3. The third-order valence-electron chi connectivity index (χ3n) is 6.55. The lowest BCUT2D eigenvalue weighted by atomic mass is 9.76. The topological polar surface area (TPSA) is 118 Å². The Bertz CT molecular complexity index is 764. The van der Waals surface area contributed by atoms with Crippen molar-refractivity contribution in [1.29, 1.82) is 0 Å². The average Bonchev–Trinajstić information content (AvgIpc) is 3.26. The van der Waals surface area contributed by atoms with Crippen LogP contribution in [0.3, 0.4) is 0 Å². The van der Waals surface area contributed by atoms with Crippen molar-refractivity contribution in [2.45, 2.75) is 124 Å². The molecule has 2 amide bonds. The van der Waals surface area contributed by atoms with E-state index in [1.807, 2.05) is 38.6 Å². The van der Waals surface area contributed by atoms with Crippen molar-refractivity contribution >= 4 is 11.8 Å². The van der Waals surface area contributed by atoms with Crippen molar-refractivity contribution in [3.63, 3.8) is 0 Å². The van der Waals surface area contributed by atoms with Crippen molar-refractivity contribution < 1.29 is 19.4 Å². The van der Waals surface area contributed by atoms with E-state index in [2.05, 4.69) is 48.6 Å². The van der Waals surface area contributed by atoms with Crippen LogP contribution in [0.15, 0.2) is 6.20 Å². The van der Waals surface area contributed by atoms with Gasteiger partial charge in [0.15, 0.2) is 0 Å². The van der Waals surface area contributed by atoms with Crippen LogP contribution in [0.5, 0.6) is 0 Å². The Labute approximate surface area is 211 Å². The summed E-state index contributed by atoms with van der Waals surface area (Å²) in [5, 5.41) is 23.4. The lowest BCUT2D eigenvalue weighted by Gasteiger charge is -2.43. The molecule has 4 unspecified atom stereocenters. The van der Waals surface area contributed by atoms with Gasteiger partial charge in [0.25, 0.3) is 0 Å². The molecule has 4 atom stereocenters. The Morgan fingerprint density at radius 3 is 1.89 bits per heavy atom. The molecule has 1 aromatic rings. The Balaban J connectivity index is 0.000000263. The number of aliphatic hydroxyl groups is 1. The maximum atomic E-state index is 11.2. The summed E-state index contributed by atoms with van der Waals surface area (Å²) in [6.07, 6.45) is 6.06. The summed E-state index contributed by atoms with van der Waals surface area (Å²) >= 11 is 0. The molecule has 0 aromatic carbocycles. The number of methoxy groups -OCH3 is 1. The minimum atomic E-state index is -0.676. The number of aromatic nitrogens is 3. The molecule has 0 aliphatic heterocycles. The first-order valence-corrected chi connectivity index (χ1v) is 13.0. The van der Waals surface area contributed by atoms with Gasteiger partial charge in [-0.2, -0.15) is 0 Å². The second-order valence-corrected chi connectivity index (χ2v) is 11.1. The molecule has 9 nitrogen and oxygen atoms in total. The molecule has 2 fully saturated rings. The zero-order valence-corrected chi connectivity index (χ0v) is 23.5. The highest BCUT2D eigenvalue weighted by atomic mass is 16.5. The number of rotatable bonds is 7. The smallest absolute Gasteiger partial charge is 0.222 e. The summed E-state index contributed by atoms with van der Waals surface area (Å²) in [6.45, 7) is 17.7. The fourth-order valence-electron chi connectivity index (χ4n) is 3.35. The highest BCUT2D eigenvalue weighted by Gasteiger charge is 2.41. The van der Waals surface area contributed by atoms with E-state index in [1.165, 1.54) is 0 Å². The monoisotopic (exact) mass is 495 g/mol. The van der Waals surface area contributed by atoms with Gasteiger partial charge in [0.1, 0.15) is 0 Å². The number of nitrogens with zero attached hydrogens (tertiary/aromatic N) is 3. The number of carbonyl (C=O) groups excluding carboxylic acids is 2. The number of carbonyl (C=O) groups is 2. The van der Waals surface area contributed by atoms with Crippen LogP contribution in [0.1, 0.15) is 106 Å². The number of ether oxygens (including phenoxy) is 1. The summed E-state index contributed by atoms with van der Waals surface area (Å²) in [4.78, 5) is 22.5. The van der Waals surface area contributed by atoms with Crippen LogP contribution in [-0.4, -0.2) is 62.8 Å². The third kappa shape index (κ3) is 9.88. The molecule has 2 aliphatic carbocycles. The van der Waals surface area contributed by atoms with Crippen LogP contribution in [0.4, 0.5) is 0 Å². The summed E-state index contributed by atoms with van der Waals surface area (Å²) in [7, 11) is 1.69. The van der Waals surface area contributed by atoms with Crippen molar-refractivity contribution in [1.82, 2.24) is 25.6 Å². The van der Waals surface area contributed by atoms with Gasteiger partial charge in [-0.05, 0) is 52.4 Å². The van der Waals surface area contributed by atoms with Crippen molar-refractivity contribution in [2.75, 3.05) is 7.11 Å². The second kappa shape index (κ2) is 13.9. The molecular formula is C26H49N5O4. The van der Waals surface area contributed by atoms with Crippen molar-refractivity contribution in [3.8, 4) is 0 Å². The molecule has 9 heteroatoms. The number of amides is 2. The zero-order valence-electron chi connectivity index (χ0n) is 23.5. The van der Waals surface area contributed by atoms with E-state index >= 15 is 0 Å². The van der Waals surface area contributed by atoms with E-state index in [-0.39, 0.29) is 41.8 Å². The quantitative estimate of drug-likeness (QED) is 0.532. The standard InChI is InChI=1S/2C9H17NO2.C8H15N3/c1-6(2)8(11)10-7-4-5-9(7,3)12;1-6(2)9(11)10-7-4-5-8(7)12-3;1-6(2)8-5-11(7(3)4)10-9-8/h6-7,12H,4-5H2,1-3H3,(H,10,11);6-8H,4-5H2,1-3H3,(H,10,11);5-7H,1-4H3. The summed E-state index contributed by atoms with van der Waals surface area (Å²) < 4.78 is 7.05. The molecule has 0 bridgehead atoms. The largest absolute Gasteiger partial charge is 0.388 e. The van der Waals surface area contributed by atoms with E-state index in [4.69, 9.17) is 4.74 Å². The van der Waals surface area contributed by atoms with E-state index in [1.54, 1.807) is 14.0 Å². The van der Waals surface area contributed by atoms with Crippen molar-refractivity contribution in [2.24, 2.45) is 11.8 Å². The first-order chi connectivity index (χ1) is 16.2. The Kier molecular flexibility index (Phi) is 12.3. The number of nitrogens with one attached hydrogen (secondary N) is 2. The van der Waals surface area contributed by atoms with E-state index < -0.39 is 5.60 Å². The van der Waals surface area contributed by atoms with E-state index in [9.17, 15) is 14.7 Å².